The number of carboxylic acids is 1. The molecule has 0 aliphatic heterocycles. The average Bonchev–Trinajstić information content (AvgIpc) is 2.52. The minimum atomic E-state index is -1.79. The summed E-state index contributed by atoms with van der Waals surface area (Å²) in [7, 11) is 0. The molecule has 9 heteroatoms. The zero-order valence-electron chi connectivity index (χ0n) is 11.4. The van der Waals surface area contributed by atoms with E-state index in [1.807, 2.05) is 0 Å². The first-order valence-electron chi connectivity index (χ1n) is 6.05. The Balaban J connectivity index is 0.000000406. The van der Waals surface area contributed by atoms with Crippen LogP contribution < -0.4 is 0 Å². The van der Waals surface area contributed by atoms with Crippen molar-refractivity contribution in [2.24, 2.45) is 0 Å². The molecule has 124 valence electrons. The number of carbonyl (C=O) groups is 2. The zero-order chi connectivity index (χ0) is 17.3. The highest BCUT2D eigenvalue weighted by Crippen LogP contribution is 2.08. The van der Waals surface area contributed by atoms with Crippen molar-refractivity contribution in [1.29, 1.82) is 0 Å². The number of aldehydes is 1. The van der Waals surface area contributed by atoms with E-state index in [2.05, 4.69) is 0 Å². The topological polar surface area (TPSA) is 176 Å². The Kier molecular flexibility index (Phi) is 8.91. The van der Waals surface area contributed by atoms with E-state index in [0.717, 1.165) is 0 Å². The Morgan fingerprint density at radius 1 is 1.05 bits per heavy atom. The Hall–Kier alpha value is -2.04. The van der Waals surface area contributed by atoms with Gasteiger partial charge in [0.05, 0.1) is 12.2 Å². The zero-order valence-corrected chi connectivity index (χ0v) is 11.4. The summed E-state index contributed by atoms with van der Waals surface area (Å²) in [6, 6.07) is 5.36. The summed E-state index contributed by atoms with van der Waals surface area (Å²) < 4.78 is 0. The molecule has 0 heterocycles. The van der Waals surface area contributed by atoms with E-state index in [1.54, 1.807) is 0 Å². The van der Waals surface area contributed by atoms with Crippen LogP contribution in [0.1, 0.15) is 10.4 Å². The number of aliphatic hydroxyl groups excluding tert-OH is 5. The van der Waals surface area contributed by atoms with Gasteiger partial charge in [0.25, 0.3) is 0 Å². The predicted octanol–water partition coefficient (Wildman–Crippen LogP) is -2.29. The number of aromatic hydroxyl groups is 1. The standard InChI is InChI=1S/C7H6O3.C6H12O6/c8-6-3-1-5(2-4-6)7(9)10;7-1-3(9)5(11)6(12)4(10)2-8/h1-4,8H,(H,9,10);1,3-6,8-12H,2H2/t;3-,4+,5+,6+/m.0/s1. The van der Waals surface area contributed by atoms with Gasteiger partial charge in [-0.15, -0.1) is 0 Å². The smallest absolute Gasteiger partial charge is 0.335 e. The Labute approximate surface area is 125 Å². The number of carbonyl (C=O) groups excluding carboxylic acids is 1. The molecule has 1 rings (SSSR count). The quantitative estimate of drug-likeness (QED) is 0.285. The van der Waals surface area contributed by atoms with Crippen LogP contribution in [0.15, 0.2) is 24.3 Å². The molecule has 0 aromatic heterocycles. The van der Waals surface area contributed by atoms with E-state index in [-0.39, 0.29) is 17.6 Å². The normalized spacial score (nSPS) is 15.7. The molecule has 0 aliphatic rings. The second kappa shape index (κ2) is 9.82. The van der Waals surface area contributed by atoms with E-state index in [4.69, 9.17) is 35.7 Å². The third-order valence-electron chi connectivity index (χ3n) is 2.53. The van der Waals surface area contributed by atoms with Crippen molar-refractivity contribution in [3.63, 3.8) is 0 Å². The van der Waals surface area contributed by atoms with E-state index in [1.165, 1.54) is 24.3 Å². The largest absolute Gasteiger partial charge is 0.508 e. The minimum Gasteiger partial charge on any atom is -0.508 e. The number of aromatic carboxylic acids is 1. The maximum absolute atomic E-state index is 10.2. The molecule has 0 aliphatic carbocycles. The van der Waals surface area contributed by atoms with Crippen LogP contribution in [0.2, 0.25) is 0 Å². The van der Waals surface area contributed by atoms with Crippen LogP contribution in [0.25, 0.3) is 0 Å². The van der Waals surface area contributed by atoms with Gasteiger partial charge in [-0.05, 0) is 24.3 Å². The molecule has 0 saturated carbocycles. The number of hydrogen-bond acceptors (Lipinski definition) is 8. The fourth-order valence-corrected chi connectivity index (χ4v) is 1.22. The Morgan fingerprint density at radius 3 is 1.91 bits per heavy atom. The second-order valence-corrected chi connectivity index (χ2v) is 4.21. The van der Waals surface area contributed by atoms with Crippen LogP contribution in [0.5, 0.6) is 5.75 Å². The lowest BCUT2D eigenvalue weighted by atomic mass is 10.0. The third-order valence-corrected chi connectivity index (χ3v) is 2.53. The van der Waals surface area contributed by atoms with E-state index in [0.29, 0.717) is 0 Å². The number of benzene rings is 1. The fraction of sp³-hybridized carbons (Fsp3) is 0.385. The van der Waals surface area contributed by atoms with Crippen LogP contribution in [-0.2, 0) is 4.79 Å². The third kappa shape index (κ3) is 6.61. The summed E-state index contributed by atoms with van der Waals surface area (Å²) >= 11 is 0. The van der Waals surface area contributed by atoms with Crippen molar-refractivity contribution >= 4 is 12.3 Å². The summed E-state index contributed by atoms with van der Waals surface area (Å²) in [4.78, 5) is 20.1. The first-order valence-corrected chi connectivity index (χ1v) is 6.05. The molecule has 0 saturated heterocycles. The highest BCUT2D eigenvalue weighted by molar-refractivity contribution is 5.87. The fourth-order valence-electron chi connectivity index (χ4n) is 1.22. The predicted molar refractivity (Wildman–Crippen MR) is 72.2 cm³/mol. The number of rotatable bonds is 6. The highest BCUT2D eigenvalue weighted by atomic mass is 16.4. The van der Waals surface area contributed by atoms with Crippen molar-refractivity contribution in [2.75, 3.05) is 6.61 Å². The monoisotopic (exact) mass is 318 g/mol. The average molecular weight is 318 g/mol. The van der Waals surface area contributed by atoms with E-state index in [9.17, 15) is 9.59 Å². The number of aliphatic hydroxyl groups is 5. The van der Waals surface area contributed by atoms with Gasteiger partial charge in [0.15, 0.2) is 6.29 Å². The molecule has 9 nitrogen and oxygen atoms in total. The molecule has 0 bridgehead atoms. The van der Waals surface area contributed by atoms with Crippen LogP contribution >= 0.6 is 0 Å². The highest BCUT2D eigenvalue weighted by Gasteiger charge is 2.29. The summed E-state index contributed by atoms with van der Waals surface area (Å²) in [5.74, 6) is -0.912. The van der Waals surface area contributed by atoms with E-state index < -0.39 is 37.0 Å². The van der Waals surface area contributed by atoms with Gasteiger partial charge in [0.1, 0.15) is 30.2 Å². The SMILES string of the molecule is O=C(O)c1ccc(O)cc1.O=C[C@H](O)[C@@H](O)[C@H](O)[C@H](O)CO. The maximum atomic E-state index is 10.2. The van der Waals surface area contributed by atoms with Crippen LogP contribution in [0.4, 0.5) is 0 Å². The van der Waals surface area contributed by atoms with Crippen LogP contribution in [-0.4, -0.2) is 79.0 Å². The molecule has 0 unspecified atom stereocenters. The minimum absolute atomic E-state index is 0.0258. The number of phenolic OH excluding ortho intramolecular Hbond substituents is 1. The lowest BCUT2D eigenvalue weighted by molar-refractivity contribution is -0.136. The summed E-state index contributed by atoms with van der Waals surface area (Å²) in [5.41, 5.74) is 0.179. The molecular weight excluding hydrogens is 300 g/mol. The van der Waals surface area contributed by atoms with Gasteiger partial charge in [-0.25, -0.2) is 4.79 Å². The molecule has 7 N–H and O–H groups in total. The van der Waals surface area contributed by atoms with Gasteiger partial charge in [-0.3, -0.25) is 0 Å². The molecule has 0 amide bonds. The number of carboxylic acid groups (broad SMARTS) is 1. The van der Waals surface area contributed by atoms with Crippen molar-refractivity contribution in [3.8, 4) is 5.75 Å². The van der Waals surface area contributed by atoms with Gasteiger partial charge >= 0.3 is 5.97 Å². The maximum Gasteiger partial charge on any atom is 0.335 e. The van der Waals surface area contributed by atoms with Crippen LogP contribution in [0.3, 0.4) is 0 Å². The van der Waals surface area contributed by atoms with Crippen molar-refractivity contribution in [3.05, 3.63) is 29.8 Å². The lowest BCUT2D eigenvalue weighted by Crippen LogP contribution is -2.46. The molecule has 0 radical (unpaired) electrons. The van der Waals surface area contributed by atoms with Crippen molar-refractivity contribution in [1.82, 2.24) is 0 Å². The van der Waals surface area contributed by atoms with Gasteiger partial charge in [-0.2, -0.15) is 0 Å². The second-order valence-electron chi connectivity index (χ2n) is 4.21. The van der Waals surface area contributed by atoms with Gasteiger partial charge in [0, 0.05) is 0 Å². The molecular formula is C13H18O9. The molecule has 0 fully saturated rings. The summed E-state index contributed by atoms with van der Waals surface area (Å²) in [5, 5.41) is 60.7. The van der Waals surface area contributed by atoms with Crippen molar-refractivity contribution in [2.45, 2.75) is 24.4 Å². The molecule has 4 atom stereocenters. The molecule has 1 aromatic rings. The number of hydrogen-bond donors (Lipinski definition) is 7. The first kappa shape index (κ1) is 20.0. The van der Waals surface area contributed by atoms with Crippen LogP contribution in [0, 0.1) is 0 Å². The van der Waals surface area contributed by atoms with E-state index >= 15 is 0 Å². The molecule has 0 spiro atoms. The Morgan fingerprint density at radius 2 is 1.55 bits per heavy atom. The van der Waals surface area contributed by atoms with Gasteiger partial charge in [-0.1, -0.05) is 0 Å². The first-order chi connectivity index (χ1) is 10.2. The van der Waals surface area contributed by atoms with Gasteiger partial charge in [0.2, 0.25) is 0 Å². The number of phenols is 1. The molecule has 1 aromatic carbocycles. The van der Waals surface area contributed by atoms with Crippen molar-refractivity contribution < 1.29 is 45.3 Å². The lowest BCUT2D eigenvalue weighted by Gasteiger charge is -2.22. The summed E-state index contributed by atoms with van der Waals surface area (Å²) in [6.07, 6.45) is -6.84. The van der Waals surface area contributed by atoms with Gasteiger partial charge < -0.3 is 40.5 Å². The molecule has 22 heavy (non-hydrogen) atoms. The summed E-state index contributed by atoms with van der Waals surface area (Å²) in [6.45, 7) is -0.760. The Bertz CT molecular complexity index is 459.